The first-order valence-corrected chi connectivity index (χ1v) is 9.30. The molecule has 25 heavy (non-hydrogen) atoms. The number of rotatable bonds is 5. The lowest BCUT2D eigenvalue weighted by Crippen LogP contribution is -3.11. The normalized spacial score (nSPS) is 20.2. The second kappa shape index (κ2) is 8.30. The highest BCUT2D eigenvalue weighted by molar-refractivity contribution is 5.78. The molecule has 0 radical (unpaired) electrons. The van der Waals surface area contributed by atoms with E-state index in [2.05, 4.69) is 43.3 Å². The van der Waals surface area contributed by atoms with Crippen LogP contribution in [-0.2, 0) is 17.9 Å². The van der Waals surface area contributed by atoms with Crippen LogP contribution in [0, 0.1) is 12.8 Å². The zero-order valence-electron chi connectivity index (χ0n) is 15.4. The molecule has 0 bridgehead atoms. The minimum absolute atomic E-state index is 0.190. The van der Waals surface area contributed by atoms with E-state index in [-0.39, 0.29) is 5.92 Å². The number of hydrogen-bond acceptors (Lipinski definition) is 1. The quantitative estimate of drug-likeness (QED) is 0.891. The van der Waals surface area contributed by atoms with Crippen molar-refractivity contribution in [3.63, 3.8) is 0 Å². The van der Waals surface area contributed by atoms with Gasteiger partial charge in [-0.1, -0.05) is 60.2 Å². The Kier molecular flexibility index (Phi) is 5.87. The number of amides is 1. The summed E-state index contributed by atoms with van der Waals surface area (Å²) in [6.07, 6.45) is 2.00. The third kappa shape index (κ3) is 4.93. The fraction of sp³-hybridized carbons (Fsp3) is 0.409. The van der Waals surface area contributed by atoms with Gasteiger partial charge >= 0.3 is 0 Å². The van der Waals surface area contributed by atoms with E-state index in [4.69, 9.17) is 0 Å². The van der Waals surface area contributed by atoms with E-state index < -0.39 is 0 Å². The lowest BCUT2D eigenvalue weighted by Gasteiger charge is -2.31. The van der Waals surface area contributed by atoms with Gasteiger partial charge in [-0.2, -0.15) is 0 Å². The van der Waals surface area contributed by atoms with Gasteiger partial charge in [-0.05, 0) is 12.5 Å². The molecule has 3 rings (SSSR count). The van der Waals surface area contributed by atoms with E-state index in [1.165, 1.54) is 16.7 Å². The smallest absolute Gasteiger partial charge is 0.226 e. The van der Waals surface area contributed by atoms with Gasteiger partial charge in [-0.25, -0.2) is 0 Å². The van der Waals surface area contributed by atoms with Crippen molar-refractivity contribution in [2.45, 2.75) is 32.9 Å². The zero-order chi connectivity index (χ0) is 17.6. The van der Waals surface area contributed by atoms with Crippen LogP contribution in [0.3, 0.4) is 0 Å². The first-order chi connectivity index (χ1) is 12.1. The Hall–Kier alpha value is -2.13. The molecule has 0 spiro atoms. The minimum atomic E-state index is 0.190. The molecule has 0 aliphatic carbocycles. The average molecular weight is 337 g/mol. The van der Waals surface area contributed by atoms with Gasteiger partial charge in [0.2, 0.25) is 5.91 Å². The van der Waals surface area contributed by atoms with Gasteiger partial charge in [-0.3, -0.25) is 4.79 Å². The van der Waals surface area contributed by atoms with E-state index in [1.54, 1.807) is 4.90 Å². The molecule has 1 aliphatic rings. The number of hydrogen-bond donors (Lipinski definition) is 1. The topological polar surface area (TPSA) is 24.8 Å². The molecular weight excluding hydrogens is 308 g/mol. The Bertz CT molecular complexity index is 673. The maximum atomic E-state index is 12.7. The van der Waals surface area contributed by atoms with Gasteiger partial charge in [0.05, 0.1) is 13.1 Å². The number of likely N-dealkylation sites (tertiary alicyclic amines) is 1. The van der Waals surface area contributed by atoms with E-state index >= 15 is 0 Å². The third-order valence-electron chi connectivity index (χ3n) is 5.26. The molecule has 2 aromatic carbocycles. The van der Waals surface area contributed by atoms with Gasteiger partial charge < -0.3 is 9.80 Å². The molecule has 0 unspecified atom stereocenters. The maximum absolute atomic E-state index is 12.7. The zero-order valence-corrected chi connectivity index (χ0v) is 15.4. The predicted molar refractivity (Wildman–Crippen MR) is 101 cm³/mol. The Labute approximate surface area is 151 Å². The Morgan fingerprint density at radius 2 is 1.64 bits per heavy atom. The number of carbonyl (C=O) groups is 1. The number of piperidine rings is 1. The number of nitrogens with zero attached hydrogens (tertiary/aromatic N) is 1. The van der Waals surface area contributed by atoms with E-state index in [0.29, 0.717) is 12.5 Å². The van der Waals surface area contributed by atoms with Crippen LogP contribution < -0.4 is 4.90 Å². The summed E-state index contributed by atoms with van der Waals surface area (Å²) in [7, 11) is 1.93. The molecular formula is C22H29N2O+. The number of carbonyl (C=O) groups excluding carboxylic acids is 1. The highest BCUT2D eigenvalue weighted by Crippen LogP contribution is 2.15. The summed E-state index contributed by atoms with van der Waals surface area (Å²) in [5.74, 6) is 0.494. The molecule has 0 aromatic heterocycles. The maximum Gasteiger partial charge on any atom is 0.226 e. The molecule has 3 nitrogen and oxygen atoms in total. The van der Waals surface area contributed by atoms with Crippen molar-refractivity contribution in [3.8, 4) is 0 Å². The first kappa shape index (κ1) is 17.7. The van der Waals surface area contributed by atoms with Crippen molar-refractivity contribution in [2.75, 3.05) is 20.1 Å². The van der Waals surface area contributed by atoms with Crippen LogP contribution in [0.5, 0.6) is 0 Å². The standard InChI is InChI=1S/C22H28N2O/c1-18-8-10-20(11-9-18)17-24-14-12-21(13-15-24)22(25)23(2)16-19-6-4-3-5-7-19/h3-11,21H,12-17H2,1-2H3/p+1. The number of aryl methyl sites for hydroxylation is 1. The molecule has 1 heterocycles. The molecule has 0 saturated carbocycles. The molecule has 1 amide bonds. The molecule has 1 aliphatic heterocycles. The highest BCUT2D eigenvalue weighted by Gasteiger charge is 2.29. The van der Waals surface area contributed by atoms with Gasteiger partial charge in [0, 0.05) is 37.9 Å². The van der Waals surface area contributed by atoms with Crippen molar-refractivity contribution < 1.29 is 9.69 Å². The summed E-state index contributed by atoms with van der Waals surface area (Å²) in [5.41, 5.74) is 3.90. The number of quaternary nitrogens is 1. The largest absolute Gasteiger partial charge is 0.341 e. The second-order valence-corrected chi connectivity index (χ2v) is 7.37. The van der Waals surface area contributed by atoms with Crippen molar-refractivity contribution in [3.05, 3.63) is 71.3 Å². The lowest BCUT2D eigenvalue weighted by molar-refractivity contribution is -0.919. The summed E-state index contributed by atoms with van der Waals surface area (Å²) < 4.78 is 0. The van der Waals surface area contributed by atoms with E-state index in [9.17, 15) is 4.79 Å². The van der Waals surface area contributed by atoms with Gasteiger partial charge in [-0.15, -0.1) is 0 Å². The summed E-state index contributed by atoms with van der Waals surface area (Å²) in [6.45, 7) is 6.07. The van der Waals surface area contributed by atoms with Crippen LogP contribution in [0.25, 0.3) is 0 Å². The monoisotopic (exact) mass is 337 g/mol. The van der Waals surface area contributed by atoms with Crippen LogP contribution in [0.15, 0.2) is 54.6 Å². The Morgan fingerprint density at radius 1 is 1.00 bits per heavy atom. The third-order valence-corrected chi connectivity index (χ3v) is 5.26. The predicted octanol–water partition coefficient (Wildman–Crippen LogP) is 2.45. The SMILES string of the molecule is Cc1ccc(C[NH+]2CCC(C(=O)N(C)Cc3ccccc3)CC2)cc1. The van der Waals surface area contributed by atoms with Crippen LogP contribution in [0.4, 0.5) is 0 Å². The summed E-state index contributed by atoms with van der Waals surface area (Å²) >= 11 is 0. The molecule has 1 fully saturated rings. The second-order valence-electron chi connectivity index (χ2n) is 7.37. The van der Waals surface area contributed by atoms with Gasteiger partial charge in [0.1, 0.15) is 6.54 Å². The minimum Gasteiger partial charge on any atom is -0.341 e. The Morgan fingerprint density at radius 3 is 2.28 bits per heavy atom. The fourth-order valence-electron chi connectivity index (χ4n) is 3.69. The molecule has 132 valence electrons. The van der Waals surface area contributed by atoms with E-state index in [0.717, 1.165) is 32.5 Å². The van der Waals surface area contributed by atoms with Crippen LogP contribution in [-0.4, -0.2) is 30.9 Å². The number of benzene rings is 2. The molecule has 1 saturated heterocycles. The van der Waals surface area contributed by atoms with Crippen molar-refractivity contribution in [2.24, 2.45) is 5.92 Å². The summed E-state index contributed by atoms with van der Waals surface area (Å²) in [5, 5.41) is 0. The molecule has 2 aromatic rings. The number of nitrogens with one attached hydrogen (secondary N) is 1. The molecule has 0 atom stereocenters. The van der Waals surface area contributed by atoms with Crippen molar-refractivity contribution in [1.82, 2.24) is 4.90 Å². The van der Waals surface area contributed by atoms with Crippen molar-refractivity contribution in [1.29, 1.82) is 0 Å². The van der Waals surface area contributed by atoms with E-state index in [1.807, 2.05) is 30.1 Å². The van der Waals surface area contributed by atoms with Crippen LogP contribution >= 0.6 is 0 Å². The summed E-state index contributed by atoms with van der Waals surface area (Å²) in [4.78, 5) is 16.2. The van der Waals surface area contributed by atoms with Gasteiger partial charge in [0.15, 0.2) is 0 Å². The van der Waals surface area contributed by atoms with Gasteiger partial charge in [0.25, 0.3) is 0 Å². The molecule has 3 heteroatoms. The average Bonchev–Trinajstić information content (AvgIpc) is 2.64. The van der Waals surface area contributed by atoms with Crippen LogP contribution in [0.2, 0.25) is 0 Å². The fourth-order valence-corrected chi connectivity index (χ4v) is 3.69. The van der Waals surface area contributed by atoms with Crippen molar-refractivity contribution >= 4 is 5.91 Å². The summed E-state index contributed by atoms with van der Waals surface area (Å²) in [6, 6.07) is 19.1. The first-order valence-electron chi connectivity index (χ1n) is 9.30. The van der Waals surface area contributed by atoms with Crippen LogP contribution in [0.1, 0.15) is 29.5 Å². The Balaban J connectivity index is 1.48. The lowest BCUT2D eigenvalue weighted by atomic mass is 9.95. The highest BCUT2D eigenvalue weighted by atomic mass is 16.2. The molecule has 1 N–H and O–H groups in total.